The van der Waals surface area contributed by atoms with Gasteiger partial charge in [-0.05, 0) is 64.2 Å². The molecule has 0 aromatic carbocycles. The Balaban J connectivity index is 2.57. The first-order chi connectivity index (χ1) is 31.1. The van der Waals surface area contributed by atoms with Crippen molar-refractivity contribution < 1.29 is 76.9 Å². The zero-order valence-corrected chi connectivity index (χ0v) is 41.5. The van der Waals surface area contributed by atoms with Gasteiger partial charge in [-0.15, -0.1) is 0 Å². The summed E-state index contributed by atoms with van der Waals surface area (Å²) in [6.07, 6.45) is 25.6. The summed E-state index contributed by atoms with van der Waals surface area (Å²) in [7, 11) is -10.7. The molecule has 1 rings (SSSR count). The number of rotatable bonds is 42. The van der Waals surface area contributed by atoms with E-state index in [9.17, 15) is 53.8 Å². The highest BCUT2D eigenvalue weighted by atomic mass is 31.2. The van der Waals surface area contributed by atoms with Gasteiger partial charge in [0.1, 0.15) is 43.2 Å². The van der Waals surface area contributed by atoms with Gasteiger partial charge in [-0.3, -0.25) is 23.2 Å². The Morgan fingerprint density at radius 2 is 0.846 bits per heavy atom. The van der Waals surface area contributed by atoms with E-state index >= 15 is 0 Å². The first kappa shape index (κ1) is 61.5. The van der Waals surface area contributed by atoms with Gasteiger partial charge in [-0.2, -0.15) is 0 Å². The second kappa shape index (κ2) is 38.3. The van der Waals surface area contributed by atoms with Gasteiger partial charge in [0.15, 0.2) is 6.10 Å². The van der Waals surface area contributed by atoms with E-state index in [4.69, 9.17) is 18.5 Å². The summed E-state index contributed by atoms with van der Waals surface area (Å²) in [6, 6.07) is 0. The van der Waals surface area contributed by atoms with Gasteiger partial charge in [0.2, 0.25) is 0 Å². The van der Waals surface area contributed by atoms with Crippen molar-refractivity contribution in [3.05, 3.63) is 24.3 Å². The maximum absolute atomic E-state index is 13.0. The molecule has 0 heterocycles. The zero-order chi connectivity index (χ0) is 48.2. The Bertz CT molecular complexity index is 1360. The lowest BCUT2D eigenvalue weighted by Gasteiger charge is -2.43. The van der Waals surface area contributed by atoms with Gasteiger partial charge >= 0.3 is 27.6 Å². The number of esters is 2. The number of carbonyl (C=O) groups excluding carboxylic acids is 2. The monoisotopic (exact) mass is 971 g/mol. The summed E-state index contributed by atoms with van der Waals surface area (Å²) in [5, 5.41) is 41.3. The molecule has 1 saturated carbocycles. The van der Waals surface area contributed by atoms with Crippen molar-refractivity contribution in [2.45, 2.75) is 249 Å². The second-order valence-electron chi connectivity index (χ2n) is 17.5. The number of carbonyl (C=O) groups is 2. The Morgan fingerprint density at radius 3 is 1.26 bits per heavy atom. The van der Waals surface area contributed by atoms with Gasteiger partial charge < -0.3 is 44.6 Å². The summed E-state index contributed by atoms with van der Waals surface area (Å²) in [5.41, 5.74) is 0. The highest BCUT2D eigenvalue weighted by Gasteiger charge is 2.54. The van der Waals surface area contributed by atoms with Crippen LogP contribution in [0.1, 0.15) is 206 Å². The van der Waals surface area contributed by atoms with Crippen LogP contribution >= 0.6 is 15.6 Å². The molecule has 0 amide bonds. The van der Waals surface area contributed by atoms with E-state index in [1.54, 1.807) is 0 Å². The predicted molar refractivity (Wildman–Crippen MR) is 251 cm³/mol. The lowest BCUT2D eigenvalue weighted by molar-refractivity contribution is -0.216. The smallest absolute Gasteiger partial charge is 0.462 e. The van der Waals surface area contributed by atoms with Gasteiger partial charge in [0, 0.05) is 12.8 Å². The minimum Gasteiger partial charge on any atom is -0.462 e. The van der Waals surface area contributed by atoms with Crippen molar-refractivity contribution in [2.24, 2.45) is 0 Å². The Labute approximate surface area is 390 Å². The fraction of sp³-hybridized carbons (Fsp3) is 0.872. The first-order valence-corrected chi connectivity index (χ1v) is 27.9. The molecular weight excluding hydrogens is 882 g/mol. The molecule has 0 spiro atoms. The van der Waals surface area contributed by atoms with Gasteiger partial charge in [0.25, 0.3) is 0 Å². The van der Waals surface area contributed by atoms with Crippen LogP contribution in [-0.2, 0) is 41.8 Å². The number of phosphoric acid groups is 2. The Morgan fingerprint density at radius 1 is 0.477 bits per heavy atom. The number of unbranched alkanes of at least 4 members (excludes halogenated alkanes) is 24. The number of hydrogen-bond donors (Lipinski definition) is 7. The van der Waals surface area contributed by atoms with Crippen LogP contribution in [0, 0.1) is 0 Å². The molecule has 65 heavy (non-hydrogen) atoms. The lowest BCUT2D eigenvalue weighted by atomic mass is 9.85. The number of phosphoric ester groups is 2. The van der Waals surface area contributed by atoms with E-state index < -0.39 is 83.5 Å². The minimum atomic E-state index is -5.36. The van der Waals surface area contributed by atoms with Crippen molar-refractivity contribution >= 4 is 27.6 Å². The van der Waals surface area contributed by atoms with Crippen molar-refractivity contribution in [1.29, 1.82) is 0 Å². The van der Waals surface area contributed by atoms with Crippen LogP contribution in [0.15, 0.2) is 24.3 Å². The van der Waals surface area contributed by atoms with E-state index in [-0.39, 0.29) is 12.8 Å². The van der Waals surface area contributed by atoms with E-state index in [2.05, 4.69) is 42.7 Å². The first-order valence-electron chi connectivity index (χ1n) is 24.9. The van der Waals surface area contributed by atoms with Crippen molar-refractivity contribution in [3.63, 3.8) is 0 Å². The van der Waals surface area contributed by atoms with Crippen molar-refractivity contribution in [2.75, 3.05) is 13.2 Å². The van der Waals surface area contributed by atoms with E-state index in [0.29, 0.717) is 12.8 Å². The molecule has 1 fully saturated rings. The number of allylic oxidation sites excluding steroid dienone is 4. The lowest BCUT2D eigenvalue weighted by Crippen LogP contribution is -2.64. The number of hydrogen-bond acceptors (Lipinski definition) is 13. The SMILES string of the molecule is CCCCCCCCC=CCCCCCCCCCC(=O)OC[C@H](COP(=O)(O)O[C@H]1C(O)C(O)C(O)[C@@H](OP(=O)(O)O)C1O)OC(=O)CCCCCCCC=CCCCCCCCC. The molecule has 0 aromatic heterocycles. The Kier molecular flexibility index (Phi) is 36.3. The predicted octanol–water partition coefficient (Wildman–Crippen LogP) is 9.73. The van der Waals surface area contributed by atoms with Crippen LogP contribution in [0.2, 0.25) is 0 Å². The molecule has 0 aliphatic heterocycles. The number of aliphatic hydroxyl groups excluding tert-OH is 4. The largest absolute Gasteiger partial charge is 0.472 e. The maximum atomic E-state index is 13.0. The quantitative estimate of drug-likeness (QED) is 0.0130. The molecular formula is C47H88O16P2. The molecule has 0 radical (unpaired) electrons. The van der Waals surface area contributed by atoms with Crippen LogP contribution in [0.25, 0.3) is 0 Å². The molecule has 18 heteroatoms. The zero-order valence-electron chi connectivity index (χ0n) is 39.7. The van der Waals surface area contributed by atoms with Gasteiger partial charge in [0.05, 0.1) is 6.61 Å². The van der Waals surface area contributed by atoms with Crippen molar-refractivity contribution in [3.8, 4) is 0 Å². The van der Waals surface area contributed by atoms with E-state index in [0.717, 1.165) is 89.9 Å². The highest BCUT2D eigenvalue weighted by molar-refractivity contribution is 7.47. The van der Waals surface area contributed by atoms with Crippen LogP contribution in [0.5, 0.6) is 0 Å². The third-order valence-electron chi connectivity index (χ3n) is 11.5. The third kappa shape index (κ3) is 32.8. The molecule has 0 saturated heterocycles. The average molecular weight is 971 g/mol. The topological polar surface area (TPSA) is 256 Å². The molecule has 0 bridgehead atoms. The standard InChI is InChI=1S/C47H88O16P2/c1-3-5-7-9-11-13-15-17-19-20-22-23-25-27-29-31-33-35-40(48)59-37-39(61-41(49)36-34-32-30-28-26-24-21-18-16-14-12-10-8-6-4-2)38-60-65(57,58)63-47-44(52)42(50)43(51)46(45(47)53)62-64(54,55)56/h17-19,21,39,42-47,50-53H,3-16,20,22-38H2,1-2H3,(H,57,58)(H2,54,55,56)/t39-,42?,43?,44?,45?,46-,47+/m1/s1. The number of aliphatic hydroxyl groups is 4. The van der Waals surface area contributed by atoms with Crippen LogP contribution in [-0.4, -0.2) is 103 Å². The van der Waals surface area contributed by atoms with Crippen molar-refractivity contribution in [1.82, 2.24) is 0 Å². The molecule has 8 atom stereocenters. The highest BCUT2D eigenvalue weighted by Crippen LogP contribution is 2.49. The fourth-order valence-corrected chi connectivity index (χ4v) is 9.14. The summed E-state index contributed by atoms with van der Waals surface area (Å²) in [6.45, 7) is 3.11. The normalized spacial score (nSPS) is 21.8. The van der Waals surface area contributed by atoms with Crippen LogP contribution in [0.3, 0.4) is 0 Å². The van der Waals surface area contributed by atoms with Crippen LogP contribution < -0.4 is 0 Å². The third-order valence-corrected chi connectivity index (χ3v) is 13.0. The molecule has 1 aliphatic rings. The minimum absolute atomic E-state index is 0.0352. The summed E-state index contributed by atoms with van der Waals surface area (Å²) in [5.74, 6) is -1.21. The van der Waals surface area contributed by atoms with Gasteiger partial charge in [-0.1, -0.05) is 154 Å². The van der Waals surface area contributed by atoms with E-state index in [1.165, 1.54) is 77.0 Å². The Hall–Kier alpha value is -1.52. The van der Waals surface area contributed by atoms with Gasteiger partial charge in [-0.25, -0.2) is 9.13 Å². The average Bonchev–Trinajstić information content (AvgIpc) is 3.26. The summed E-state index contributed by atoms with van der Waals surface area (Å²) < 4.78 is 49.4. The second-order valence-corrected chi connectivity index (χ2v) is 20.1. The molecule has 1 aliphatic carbocycles. The van der Waals surface area contributed by atoms with Crippen LogP contribution in [0.4, 0.5) is 0 Å². The van der Waals surface area contributed by atoms with E-state index in [1.807, 2.05) is 0 Å². The molecule has 382 valence electrons. The molecule has 0 aromatic rings. The fourth-order valence-electron chi connectivity index (χ4n) is 7.60. The molecule has 16 nitrogen and oxygen atoms in total. The summed E-state index contributed by atoms with van der Waals surface area (Å²) in [4.78, 5) is 54.3. The molecule has 5 unspecified atom stereocenters. The molecule has 7 N–H and O–H groups in total. The maximum Gasteiger partial charge on any atom is 0.472 e. The summed E-state index contributed by atoms with van der Waals surface area (Å²) >= 11 is 0. The number of ether oxygens (including phenoxy) is 2.